The normalized spacial score (nSPS) is 10.4. The molecule has 0 aliphatic carbocycles. The maximum Gasteiger partial charge on any atom is 0.265 e. The molecule has 0 aromatic heterocycles. The highest BCUT2D eigenvalue weighted by atomic mass is 16.5. The van der Waals surface area contributed by atoms with Crippen LogP contribution in [0.1, 0.15) is 28.4 Å². The fourth-order valence-corrected chi connectivity index (χ4v) is 3.11. The standard InChI is InChI=1S/C25H25NO4/c1-18-8-7-11-22(14-18)26(16-20-9-5-4-6-10-20)25(28)17-30-23-13-12-21(19(2)27)15-24(23)29-3/h4-15H,16-17H2,1-3H3. The number of carbonyl (C=O) groups is 2. The highest BCUT2D eigenvalue weighted by Gasteiger charge is 2.18. The Morgan fingerprint density at radius 3 is 2.33 bits per heavy atom. The Labute approximate surface area is 176 Å². The third-order valence-electron chi connectivity index (χ3n) is 4.72. The molecule has 0 saturated carbocycles. The summed E-state index contributed by atoms with van der Waals surface area (Å²) in [5, 5.41) is 0. The van der Waals surface area contributed by atoms with Crippen LogP contribution in [0.2, 0.25) is 0 Å². The lowest BCUT2D eigenvalue weighted by molar-refractivity contribution is -0.120. The summed E-state index contributed by atoms with van der Waals surface area (Å²) in [5.41, 5.74) is 3.43. The van der Waals surface area contributed by atoms with E-state index in [4.69, 9.17) is 9.47 Å². The van der Waals surface area contributed by atoms with Gasteiger partial charge in [0.2, 0.25) is 0 Å². The van der Waals surface area contributed by atoms with Crippen molar-refractivity contribution >= 4 is 17.4 Å². The van der Waals surface area contributed by atoms with Crippen LogP contribution in [-0.4, -0.2) is 25.4 Å². The number of benzene rings is 3. The van der Waals surface area contributed by atoms with E-state index in [0.29, 0.717) is 23.6 Å². The van der Waals surface area contributed by atoms with Gasteiger partial charge in [0.1, 0.15) is 0 Å². The fraction of sp³-hybridized carbons (Fsp3) is 0.200. The highest BCUT2D eigenvalue weighted by Crippen LogP contribution is 2.28. The van der Waals surface area contributed by atoms with Crippen molar-refractivity contribution in [1.82, 2.24) is 0 Å². The zero-order chi connectivity index (χ0) is 21.5. The first-order chi connectivity index (χ1) is 14.5. The van der Waals surface area contributed by atoms with Crippen LogP contribution >= 0.6 is 0 Å². The molecule has 0 saturated heterocycles. The molecule has 3 aromatic rings. The van der Waals surface area contributed by atoms with Crippen molar-refractivity contribution in [2.45, 2.75) is 20.4 Å². The van der Waals surface area contributed by atoms with Gasteiger partial charge in [-0.3, -0.25) is 9.59 Å². The van der Waals surface area contributed by atoms with E-state index in [2.05, 4.69) is 0 Å². The summed E-state index contributed by atoms with van der Waals surface area (Å²) >= 11 is 0. The Bertz CT molecular complexity index is 1030. The van der Waals surface area contributed by atoms with Crippen LogP contribution in [0.4, 0.5) is 5.69 Å². The number of aryl methyl sites for hydroxylation is 1. The molecule has 0 spiro atoms. The van der Waals surface area contributed by atoms with Crippen LogP contribution in [0.25, 0.3) is 0 Å². The van der Waals surface area contributed by atoms with Crippen molar-refractivity contribution < 1.29 is 19.1 Å². The number of hydrogen-bond acceptors (Lipinski definition) is 4. The number of amides is 1. The van der Waals surface area contributed by atoms with Gasteiger partial charge in [0.15, 0.2) is 23.9 Å². The Hall–Kier alpha value is -3.60. The molecule has 0 unspecified atom stereocenters. The second-order valence-electron chi connectivity index (χ2n) is 7.01. The monoisotopic (exact) mass is 403 g/mol. The number of ether oxygens (including phenoxy) is 2. The van der Waals surface area contributed by atoms with Crippen LogP contribution in [0, 0.1) is 6.92 Å². The number of methoxy groups -OCH3 is 1. The SMILES string of the molecule is COc1cc(C(C)=O)ccc1OCC(=O)N(Cc1ccccc1)c1cccc(C)c1. The quantitative estimate of drug-likeness (QED) is 0.506. The summed E-state index contributed by atoms with van der Waals surface area (Å²) in [6.45, 7) is 3.76. The van der Waals surface area contributed by atoms with Crippen LogP contribution < -0.4 is 14.4 Å². The minimum atomic E-state index is -0.179. The third kappa shape index (κ3) is 5.26. The zero-order valence-corrected chi connectivity index (χ0v) is 17.4. The Balaban J connectivity index is 1.80. The molecule has 0 heterocycles. The van der Waals surface area contributed by atoms with E-state index in [9.17, 15) is 9.59 Å². The summed E-state index contributed by atoms with van der Waals surface area (Å²) in [6.07, 6.45) is 0. The summed E-state index contributed by atoms with van der Waals surface area (Å²) in [5.74, 6) is 0.590. The molecule has 0 radical (unpaired) electrons. The summed E-state index contributed by atoms with van der Waals surface area (Å²) < 4.78 is 11.1. The molecule has 0 N–H and O–H groups in total. The molecule has 0 bridgehead atoms. The third-order valence-corrected chi connectivity index (χ3v) is 4.72. The number of Topliss-reactive ketones (excluding diaryl/α,β-unsaturated/α-hetero) is 1. The lowest BCUT2D eigenvalue weighted by Crippen LogP contribution is -2.34. The highest BCUT2D eigenvalue weighted by molar-refractivity contribution is 5.95. The topological polar surface area (TPSA) is 55.8 Å². The van der Waals surface area contributed by atoms with Crippen molar-refractivity contribution in [3.63, 3.8) is 0 Å². The van der Waals surface area contributed by atoms with Gasteiger partial charge in [0.05, 0.1) is 13.7 Å². The maximum atomic E-state index is 13.1. The van der Waals surface area contributed by atoms with Crippen LogP contribution in [0.5, 0.6) is 11.5 Å². The molecule has 1 amide bonds. The number of rotatable bonds is 8. The van der Waals surface area contributed by atoms with Crippen LogP contribution in [-0.2, 0) is 11.3 Å². The number of hydrogen-bond donors (Lipinski definition) is 0. The van der Waals surface area contributed by atoms with E-state index in [0.717, 1.165) is 16.8 Å². The Kier molecular flexibility index (Phi) is 6.86. The van der Waals surface area contributed by atoms with E-state index < -0.39 is 0 Å². The van der Waals surface area contributed by atoms with Gasteiger partial charge < -0.3 is 14.4 Å². The first-order valence-electron chi connectivity index (χ1n) is 9.70. The van der Waals surface area contributed by atoms with Gasteiger partial charge in [-0.2, -0.15) is 0 Å². The lowest BCUT2D eigenvalue weighted by atomic mass is 10.1. The molecular formula is C25H25NO4. The average Bonchev–Trinajstić information content (AvgIpc) is 2.76. The first-order valence-corrected chi connectivity index (χ1v) is 9.70. The van der Waals surface area contributed by atoms with Crippen molar-refractivity contribution in [2.75, 3.05) is 18.6 Å². The predicted molar refractivity (Wildman–Crippen MR) is 117 cm³/mol. The molecule has 3 aromatic carbocycles. The second kappa shape index (κ2) is 9.74. The van der Waals surface area contributed by atoms with Gasteiger partial charge in [-0.1, -0.05) is 42.5 Å². The zero-order valence-electron chi connectivity index (χ0n) is 17.4. The van der Waals surface area contributed by atoms with E-state index in [1.165, 1.54) is 14.0 Å². The summed E-state index contributed by atoms with van der Waals surface area (Å²) in [6, 6.07) is 22.6. The largest absolute Gasteiger partial charge is 0.493 e. The molecule has 30 heavy (non-hydrogen) atoms. The smallest absolute Gasteiger partial charge is 0.265 e. The predicted octanol–water partition coefficient (Wildman–Crippen LogP) is 4.82. The molecule has 0 aliphatic rings. The molecule has 5 heteroatoms. The second-order valence-corrected chi connectivity index (χ2v) is 7.01. The van der Waals surface area contributed by atoms with Gasteiger partial charge in [0, 0.05) is 11.3 Å². The average molecular weight is 403 g/mol. The first kappa shape index (κ1) is 21.1. The Morgan fingerprint density at radius 2 is 1.67 bits per heavy atom. The van der Waals surface area contributed by atoms with Gasteiger partial charge in [0.25, 0.3) is 5.91 Å². The number of carbonyl (C=O) groups excluding carboxylic acids is 2. The summed E-state index contributed by atoms with van der Waals surface area (Å²) in [4.78, 5) is 26.4. The van der Waals surface area contributed by atoms with E-state index in [1.807, 2.05) is 61.5 Å². The van der Waals surface area contributed by atoms with Crippen LogP contribution in [0.15, 0.2) is 72.8 Å². The van der Waals surface area contributed by atoms with E-state index >= 15 is 0 Å². The molecule has 5 nitrogen and oxygen atoms in total. The van der Waals surface area contributed by atoms with E-state index in [-0.39, 0.29) is 18.3 Å². The van der Waals surface area contributed by atoms with Crippen molar-refractivity contribution in [3.8, 4) is 11.5 Å². The maximum absolute atomic E-state index is 13.1. The van der Waals surface area contributed by atoms with Crippen molar-refractivity contribution in [2.24, 2.45) is 0 Å². The van der Waals surface area contributed by atoms with Crippen molar-refractivity contribution in [1.29, 1.82) is 0 Å². The minimum Gasteiger partial charge on any atom is -0.493 e. The Morgan fingerprint density at radius 1 is 0.900 bits per heavy atom. The molecule has 0 aliphatic heterocycles. The molecule has 3 rings (SSSR count). The molecular weight excluding hydrogens is 378 g/mol. The summed E-state index contributed by atoms with van der Waals surface area (Å²) in [7, 11) is 1.50. The lowest BCUT2D eigenvalue weighted by Gasteiger charge is -2.24. The molecule has 154 valence electrons. The molecule has 0 atom stereocenters. The van der Waals surface area contributed by atoms with Crippen molar-refractivity contribution in [3.05, 3.63) is 89.5 Å². The van der Waals surface area contributed by atoms with Gasteiger partial charge in [-0.25, -0.2) is 0 Å². The number of nitrogens with zero attached hydrogens (tertiary/aromatic N) is 1. The molecule has 0 fully saturated rings. The fourth-order valence-electron chi connectivity index (χ4n) is 3.11. The minimum absolute atomic E-state index is 0.0654. The number of ketones is 1. The van der Waals surface area contributed by atoms with Gasteiger partial charge in [-0.15, -0.1) is 0 Å². The number of anilines is 1. The van der Waals surface area contributed by atoms with E-state index in [1.54, 1.807) is 23.1 Å². The van der Waals surface area contributed by atoms with Gasteiger partial charge in [-0.05, 0) is 55.3 Å². The van der Waals surface area contributed by atoms with Crippen LogP contribution in [0.3, 0.4) is 0 Å². The van der Waals surface area contributed by atoms with Gasteiger partial charge >= 0.3 is 0 Å².